The summed E-state index contributed by atoms with van der Waals surface area (Å²) in [5.74, 6) is 0. The molecule has 0 amide bonds. The number of hydrogen-bond donors (Lipinski definition) is 1. The second-order valence-electron chi connectivity index (χ2n) is 4.60. The Balaban J connectivity index is 0.00000144. The van der Waals surface area contributed by atoms with Crippen molar-refractivity contribution < 1.29 is 0 Å². The third-order valence-corrected chi connectivity index (χ3v) is 4.00. The minimum absolute atomic E-state index is 0. The van der Waals surface area contributed by atoms with Crippen molar-refractivity contribution in [1.82, 2.24) is 4.90 Å². The maximum absolute atomic E-state index is 5.92. The fourth-order valence-electron chi connectivity index (χ4n) is 2.26. The lowest BCUT2D eigenvalue weighted by Crippen LogP contribution is -2.40. The first kappa shape index (κ1) is 15.0. The quantitative estimate of drug-likeness (QED) is 0.906. The number of nitrogens with zero attached hydrogens (tertiary/aromatic N) is 1. The zero-order valence-electron chi connectivity index (χ0n) is 10.1. The molecule has 2 N–H and O–H groups in total. The predicted octanol–water partition coefficient (Wildman–Crippen LogP) is 3.36. The van der Waals surface area contributed by atoms with Gasteiger partial charge >= 0.3 is 0 Å². The fourth-order valence-corrected chi connectivity index (χ4v) is 2.52. The number of hydrogen-bond acceptors (Lipinski definition) is 2. The Bertz CT molecular complexity index is 334. The molecule has 1 aliphatic rings. The Morgan fingerprint density at radius 3 is 2.29 bits per heavy atom. The molecule has 0 aromatic heterocycles. The Hall–Kier alpha value is -0.0900. The number of halogens is 2. The summed E-state index contributed by atoms with van der Waals surface area (Å²) in [6.07, 6.45) is 2.25. The van der Waals surface area contributed by atoms with Crippen LogP contribution in [-0.2, 0) is 0 Å². The Morgan fingerprint density at radius 1 is 1.24 bits per heavy atom. The average molecular weight is 320 g/mol. The van der Waals surface area contributed by atoms with Crippen LogP contribution in [0.25, 0.3) is 0 Å². The van der Waals surface area contributed by atoms with Gasteiger partial charge in [-0.05, 0) is 37.5 Å². The van der Waals surface area contributed by atoms with E-state index in [-0.39, 0.29) is 12.4 Å². The highest BCUT2D eigenvalue weighted by Gasteiger charge is 2.21. The van der Waals surface area contributed by atoms with Crippen LogP contribution in [0.3, 0.4) is 0 Å². The zero-order chi connectivity index (χ0) is 11.5. The van der Waals surface area contributed by atoms with Crippen LogP contribution in [0.15, 0.2) is 28.7 Å². The molecule has 0 aliphatic carbocycles. The molecular formula is C13H20BrClN2. The minimum atomic E-state index is 0. The summed E-state index contributed by atoms with van der Waals surface area (Å²) in [7, 11) is 0. The number of rotatable bonds is 2. The average Bonchev–Trinajstić information content (AvgIpc) is 2.30. The molecular weight excluding hydrogens is 300 g/mol. The van der Waals surface area contributed by atoms with Crippen molar-refractivity contribution in [3.8, 4) is 0 Å². The second-order valence-corrected chi connectivity index (χ2v) is 5.52. The van der Waals surface area contributed by atoms with Gasteiger partial charge in [0.15, 0.2) is 0 Å². The summed E-state index contributed by atoms with van der Waals surface area (Å²) in [5, 5.41) is 0. The first-order valence-electron chi connectivity index (χ1n) is 5.92. The third-order valence-electron chi connectivity index (χ3n) is 3.47. The van der Waals surface area contributed by atoms with Crippen LogP contribution in [0.1, 0.15) is 31.4 Å². The van der Waals surface area contributed by atoms with E-state index in [0.29, 0.717) is 12.1 Å². The molecule has 1 aliphatic heterocycles. The highest BCUT2D eigenvalue weighted by atomic mass is 79.9. The van der Waals surface area contributed by atoms with E-state index in [4.69, 9.17) is 5.73 Å². The van der Waals surface area contributed by atoms with Gasteiger partial charge < -0.3 is 5.73 Å². The zero-order valence-corrected chi connectivity index (χ0v) is 12.5. The maximum Gasteiger partial charge on any atom is 0.0319 e. The molecule has 1 aromatic rings. The molecule has 2 rings (SSSR count). The molecule has 0 bridgehead atoms. The highest BCUT2D eigenvalue weighted by Crippen LogP contribution is 2.24. The molecule has 96 valence electrons. The third kappa shape index (κ3) is 3.95. The molecule has 1 unspecified atom stereocenters. The van der Waals surface area contributed by atoms with E-state index in [1.54, 1.807) is 0 Å². The second kappa shape index (κ2) is 6.74. The van der Waals surface area contributed by atoms with E-state index in [1.807, 2.05) is 0 Å². The van der Waals surface area contributed by atoms with Crippen molar-refractivity contribution >= 4 is 28.3 Å². The van der Waals surface area contributed by atoms with Gasteiger partial charge in [-0.25, -0.2) is 0 Å². The molecule has 2 nitrogen and oxygen atoms in total. The van der Waals surface area contributed by atoms with E-state index in [2.05, 4.69) is 52.0 Å². The van der Waals surface area contributed by atoms with Crippen LogP contribution in [0.4, 0.5) is 0 Å². The van der Waals surface area contributed by atoms with Gasteiger partial charge in [-0.15, -0.1) is 12.4 Å². The summed E-state index contributed by atoms with van der Waals surface area (Å²) >= 11 is 3.47. The normalized spacial score (nSPS) is 19.7. The Labute approximate surface area is 118 Å². The van der Waals surface area contributed by atoms with Crippen LogP contribution in [0.2, 0.25) is 0 Å². The summed E-state index contributed by atoms with van der Waals surface area (Å²) in [5.41, 5.74) is 7.31. The fraction of sp³-hybridized carbons (Fsp3) is 0.538. The van der Waals surface area contributed by atoms with Crippen molar-refractivity contribution in [3.05, 3.63) is 34.3 Å². The van der Waals surface area contributed by atoms with Crippen LogP contribution >= 0.6 is 28.3 Å². The summed E-state index contributed by atoms with van der Waals surface area (Å²) in [4.78, 5) is 2.52. The van der Waals surface area contributed by atoms with Crippen LogP contribution in [0, 0.1) is 0 Å². The largest absolute Gasteiger partial charge is 0.328 e. The first-order valence-corrected chi connectivity index (χ1v) is 6.71. The summed E-state index contributed by atoms with van der Waals surface area (Å²) in [6.45, 7) is 4.52. The highest BCUT2D eigenvalue weighted by molar-refractivity contribution is 9.10. The van der Waals surface area contributed by atoms with Gasteiger partial charge in [-0.3, -0.25) is 4.90 Å². The lowest BCUT2D eigenvalue weighted by atomic mass is 10.0. The van der Waals surface area contributed by atoms with Crippen molar-refractivity contribution in [2.45, 2.75) is 31.8 Å². The number of piperidine rings is 1. The van der Waals surface area contributed by atoms with Crippen molar-refractivity contribution in [2.24, 2.45) is 5.73 Å². The molecule has 1 heterocycles. The van der Waals surface area contributed by atoms with Crippen LogP contribution < -0.4 is 5.73 Å². The molecule has 1 fully saturated rings. The number of benzene rings is 1. The van der Waals surface area contributed by atoms with Gasteiger partial charge in [0.2, 0.25) is 0 Å². The molecule has 4 heteroatoms. The molecule has 0 saturated carbocycles. The van der Waals surface area contributed by atoms with Gasteiger partial charge in [0.25, 0.3) is 0 Å². The van der Waals surface area contributed by atoms with Crippen LogP contribution in [0.5, 0.6) is 0 Å². The Kier molecular flexibility index (Phi) is 5.93. The number of nitrogens with two attached hydrogens (primary N) is 1. The topological polar surface area (TPSA) is 29.3 Å². The maximum atomic E-state index is 5.92. The standard InChI is InChI=1S/C13H19BrN2.ClH/c1-10(11-2-4-12(14)5-3-11)16-8-6-13(15)7-9-16;/h2-5,10,13H,6-9,15H2,1H3;1H. The molecule has 1 saturated heterocycles. The van der Waals surface area contributed by atoms with Crippen molar-refractivity contribution in [2.75, 3.05) is 13.1 Å². The number of likely N-dealkylation sites (tertiary alicyclic amines) is 1. The lowest BCUT2D eigenvalue weighted by molar-refractivity contribution is 0.163. The predicted molar refractivity (Wildman–Crippen MR) is 78.6 cm³/mol. The van der Waals surface area contributed by atoms with E-state index < -0.39 is 0 Å². The van der Waals surface area contributed by atoms with Gasteiger partial charge in [0.05, 0.1) is 0 Å². The van der Waals surface area contributed by atoms with E-state index in [1.165, 1.54) is 5.56 Å². The van der Waals surface area contributed by atoms with E-state index in [0.717, 1.165) is 30.4 Å². The van der Waals surface area contributed by atoms with Gasteiger partial charge in [0.1, 0.15) is 0 Å². The molecule has 0 radical (unpaired) electrons. The monoisotopic (exact) mass is 318 g/mol. The van der Waals surface area contributed by atoms with Gasteiger partial charge in [0, 0.05) is 29.6 Å². The first-order chi connectivity index (χ1) is 7.66. The van der Waals surface area contributed by atoms with Crippen LogP contribution in [-0.4, -0.2) is 24.0 Å². The van der Waals surface area contributed by atoms with Crippen molar-refractivity contribution in [1.29, 1.82) is 0 Å². The summed E-state index contributed by atoms with van der Waals surface area (Å²) in [6, 6.07) is 9.53. The smallest absolute Gasteiger partial charge is 0.0319 e. The lowest BCUT2D eigenvalue weighted by Gasteiger charge is -2.35. The molecule has 1 atom stereocenters. The van der Waals surface area contributed by atoms with E-state index in [9.17, 15) is 0 Å². The van der Waals surface area contributed by atoms with E-state index >= 15 is 0 Å². The Morgan fingerprint density at radius 2 is 1.76 bits per heavy atom. The van der Waals surface area contributed by atoms with Crippen molar-refractivity contribution in [3.63, 3.8) is 0 Å². The molecule has 0 spiro atoms. The van der Waals surface area contributed by atoms with Gasteiger partial charge in [-0.2, -0.15) is 0 Å². The van der Waals surface area contributed by atoms with Gasteiger partial charge in [-0.1, -0.05) is 28.1 Å². The molecule has 17 heavy (non-hydrogen) atoms. The summed E-state index contributed by atoms with van der Waals surface area (Å²) < 4.78 is 1.14. The minimum Gasteiger partial charge on any atom is -0.328 e. The SMILES string of the molecule is CC(c1ccc(Br)cc1)N1CCC(N)CC1.Cl. The molecule has 1 aromatic carbocycles.